The number of nitrogens with zero attached hydrogens (tertiary/aromatic N) is 4. The molecule has 8 heteroatoms. The Morgan fingerprint density at radius 2 is 1.83 bits per heavy atom. The number of pyridine rings is 1. The van der Waals surface area contributed by atoms with Gasteiger partial charge in [0.05, 0.1) is 6.20 Å². The van der Waals surface area contributed by atoms with Crippen LogP contribution in [-0.2, 0) is 0 Å². The number of nitrogens with one attached hydrogen (secondary N) is 1. The van der Waals surface area contributed by atoms with Gasteiger partial charge in [-0.1, -0.05) is 19.9 Å². The number of hydrogen-bond acceptors (Lipinski definition) is 6. The molecule has 0 spiro atoms. The summed E-state index contributed by atoms with van der Waals surface area (Å²) in [4.78, 5) is 17.2. The van der Waals surface area contributed by atoms with Gasteiger partial charge in [0, 0.05) is 24.0 Å². The third kappa shape index (κ3) is 4.86. The second-order valence-corrected chi connectivity index (χ2v) is 5.74. The van der Waals surface area contributed by atoms with Crippen molar-refractivity contribution >= 4 is 47.1 Å². The zero-order valence-corrected chi connectivity index (χ0v) is 15.1. The Balaban J connectivity index is 0.00000132. The molecule has 3 aromatic rings. The smallest absolute Gasteiger partial charge is 0.188 e. The highest BCUT2D eigenvalue weighted by Gasteiger charge is 2.07. The van der Waals surface area contributed by atoms with E-state index >= 15 is 0 Å². The van der Waals surface area contributed by atoms with Crippen LogP contribution >= 0.6 is 36.2 Å². The molecule has 3 aromatic heterocycles. The van der Waals surface area contributed by atoms with Gasteiger partial charge in [-0.3, -0.25) is 9.97 Å². The Morgan fingerprint density at radius 1 is 1.00 bits per heavy atom. The average molecular weight is 370 g/mol. The van der Waals surface area contributed by atoms with Gasteiger partial charge in [-0.2, -0.15) is 0 Å². The molecule has 122 valence electrons. The fourth-order valence-corrected chi connectivity index (χ4v) is 2.52. The molecule has 1 N–H and O–H groups in total. The topological polar surface area (TPSA) is 63.6 Å². The summed E-state index contributed by atoms with van der Waals surface area (Å²) < 4.78 is 0. The number of halogens is 2. The lowest BCUT2D eigenvalue weighted by Crippen LogP contribution is -1.95. The van der Waals surface area contributed by atoms with E-state index < -0.39 is 0 Å². The predicted octanol–water partition coefficient (Wildman–Crippen LogP) is 4.71. The first-order valence-corrected chi connectivity index (χ1v) is 7.55. The van der Waals surface area contributed by atoms with E-state index in [2.05, 4.69) is 45.2 Å². The zero-order valence-electron chi connectivity index (χ0n) is 12.6. The van der Waals surface area contributed by atoms with Gasteiger partial charge in [0.1, 0.15) is 17.2 Å². The van der Waals surface area contributed by atoms with E-state index in [-0.39, 0.29) is 24.8 Å². The standard InChI is InChI=1S/C15H15N5S.2ClH/c1-10(2)11-3-4-14(18-7-11)20-15-19-13(9-21-15)12-8-16-5-6-17-12;;/h3-10H,1-2H3,(H,18,19,20);2*1H. The third-order valence-corrected chi connectivity index (χ3v) is 3.78. The van der Waals surface area contributed by atoms with Crippen LogP contribution in [0.25, 0.3) is 11.4 Å². The van der Waals surface area contributed by atoms with Crippen molar-refractivity contribution in [2.24, 2.45) is 0 Å². The van der Waals surface area contributed by atoms with E-state index in [0.29, 0.717) is 5.92 Å². The Hall–Kier alpha value is -1.76. The highest BCUT2D eigenvalue weighted by atomic mass is 35.5. The molecular formula is C15H17Cl2N5S. The molecule has 0 bridgehead atoms. The minimum atomic E-state index is 0. The van der Waals surface area contributed by atoms with Crippen molar-refractivity contribution < 1.29 is 0 Å². The van der Waals surface area contributed by atoms with Crippen LogP contribution in [0.3, 0.4) is 0 Å². The van der Waals surface area contributed by atoms with Gasteiger partial charge < -0.3 is 5.32 Å². The first-order chi connectivity index (χ1) is 10.2. The summed E-state index contributed by atoms with van der Waals surface area (Å²) in [7, 11) is 0. The van der Waals surface area contributed by atoms with Gasteiger partial charge in [-0.25, -0.2) is 9.97 Å². The van der Waals surface area contributed by atoms with E-state index in [1.54, 1.807) is 18.6 Å². The van der Waals surface area contributed by atoms with Crippen molar-refractivity contribution in [3.05, 3.63) is 47.9 Å². The monoisotopic (exact) mass is 369 g/mol. The maximum atomic E-state index is 4.50. The highest BCUT2D eigenvalue weighted by Crippen LogP contribution is 2.25. The van der Waals surface area contributed by atoms with E-state index in [1.807, 2.05) is 17.6 Å². The summed E-state index contributed by atoms with van der Waals surface area (Å²) in [6.45, 7) is 4.30. The maximum absolute atomic E-state index is 4.50. The minimum absolute atomic E-state index is 0. The van der Waals surface area contributed by atoms with Crippen molar-refractivity contribution in [1.82, 2.24) is 19.9 Å². The normalized spacial score (nSPS) is 9.87. The quantitative estimate of drug-likeness (QED) is 0.721. The SMILES string of the molecule is CC(C)c1ccc(Nc2nc(-c3cnccn3)cs2)nc1.Cl.Cl. The molecule has 0 atom stereocenters. The summed E-state index contributed by atoms with van der Waals surface area (Å²) in [5, 5.41) is 5.95. The van der Waals surface area contributed by atoms with Crippen molar-refractivity contribution in [3.63, 3.8) is 0 Å². The molecular weight excluding hydrogens is 353 g/mol. The van der Waals surface area contributed by atoms with Gasteiger partial charge in [0.15, 0.2) is 5.13 Å². The summed E-state index contributed by atoms with van der Waals surface area (Å²) in [6, 6.07) is 4.05. The van der Waals surface area contributed by atoms with Gasteiger partial charge >= 0.3 is 0 Å². The maximum Gasteiger partial charge on any atom is 0.188 e. The van der Waals surface area contributed by atoms with Crippen molar-refractivity contribution in [3.8, 4) is 11.4 Å². The van der Waals surface area contributed by atoms with E-state index in [1.165, 1.54) is 16.9 Å². The van der Waals surface area contributed by atoms with Crippen molar-refractivity contribution in [1.29, 1.82) is 0 Å². The van der Waals surface area contributed by atoms with Gasteiger partial charge in [-0.15, -0.1) is 36.2 Å². The zero-order chi connectivity index (χ0) is 14.7. The fourth-order valence-electron chi connectivity index (χ4n) is 1.81. The number of thiazole rings is 1. The van der Waals surface area contributed by atoms with E-state index in [0.717, 1.165) is 22.3 Å². The van der Waals surface area contributed by atoms with Crippen LogP contribution in [0.4, 0.5) is 10.9 Å². The number of aromatic nitrogens is 4. The number of hydrogen-bond donors (Lipinski definition) is 1. The average Bonchev–Trinajstić information content (AvgIpc) is 2.97. The van der Waals surface area contributed by atoms with Crippen LogP contribution < -0.4 is 5.32 Å². The number of anilines is 2. The predicted molar refractivity (Wildman–Crippen MR) is 99.2 cm³/mol. The van der Waals surface area contributed by atoms with Gasteiger partial charge in [-0.05, 0) is 17.5 Å². The molecule has 0 amide bonds. The van der Waals surface area contributed by atoms with Crippen LogP contribution in [0.2, 0.25) is 0 Å². The minimum Gasteiger partial charge on any atom is -0.316 e. The Labute approximate surface area is 151 Å². The summed E-state index contributed by atoms with van der Waals surface area (Å²) in [5.74, 6) is 1.27. The van der Waals surface area contributed by atoms with Gasteiger partial charge in [0.25, 0.3) is 0 Å². The third-order valence-electron chi connectivity index (χ3n) is 3.02. The van der Waals surface area contributed by atoms with Crippen molar-refractivity contribution in [2.75, 3.05) is 5.32 Å². The highest BCUT2D eigenvalue weighted by molar-refractivity contribution is 7.14. The molecule has 23 heavy (non-hydrogen) atoms. The van der Waals surface area contributed by atoms with E-state index in [9.17, 15) is 0 Å². The molecule has 0 aromatic carbocycles. The van der Waals surface area contributed by atoms with Crippen molar-refractivity contribution in [2.45, 2.75) is 19.8 Å². The van der Waals surface area contributed by atoms with Crippen LogP contribution in [0.1, 0.15) is 25.3 Å². The largest absolute Gasteiger partial charge is 0.316 e. The molecule has 0 saturated carbocycles. The number of rotatable bonds is 4. The molecule has 3 heterocycles. The van der Waals surface area contributed by atoms with E-state index in [4.69, 9.17) is 0 Å². The Kier molecular flexibility index (Phi) is 7.35. The molecule has 0 unspecified atom stereocenters. The van der Waals surface area contributed by atoms with Crippen LogP contribution in [0, 0.1) is 0 Å². The Bertz CT molecular complexity index is 716. The molecule has 0 aliphatic carbocycles. The Morgan fingerprint density at radius 3 is 2.43 bits per heavy atom. The van der Waals surface area contributed by atoms with Crippen LogP contribution in [-0.4, -0.2) is 19.9 Å². The molecule has 5 nitrogen and oxygen atoms in total. The molecule has 0 fully saturated rings. The first-order valence-electron chi connectivity index (χ1n) is 6.67. The lowest BCUT2D eigenvalue weighted by molar-refractivity contribution is 0.859. The van der Waals surface area contributed by atoms with Gasteiger partial charge in [0.2, 0.25) is 0 Å². The molecule has 0 saturated heterocycles. The van der Waals surface area contributed by atoms with Crippen LogP contribution in [0.5, 0.6) is 0 Å². The molecule has 0 radical (unpaired) electrons. The second kappa shape index (κ2) is 8.76. The first kappa shape index (κ1) is 19.3. The fraction of sp³-hybridized carbons (Fsp3) is 0.200. The summed E-state index contributed by atoms with van der Waals surface area (Å²) >= 11 is 1.52. The molecule has 3 rings (SSSR count). The second-order valence-electron chi connectivity index (χ2n) is 4.89. The molecule has 0 aliphatic rings. The molecule has 0 aliphatic heterocycles. The lowest BCUT2D eigenvalue weighted by Gasteiger charge is -2.06. The van der Waals surface area contributed by atoms with Crippen LogP contribution in [0.15, 0.2) is 42.3 Å². The summed E-state index contributed by atoms with van der Waals surface area (Å²) in [6.07, 6.45) is 6.90. The summed E-state index contributed by atoms with van der Waals surface area (Å²) in [5.41, 5.74) is 2.80. The lowest BCUT2D eigenvalue weighted by atomic mass is 10.1.